The molecule has 1 rings (SSSR count). The number of unbranched alkanes of at least 4 members (excludes halogenated alkanes) is 1. The summed E-state index contributed by atoms with van der Waals surface area (Å²) < 4.78 is 0.947. The summed E-state index contributed by atoms with van der Waals surface area (Å²) in [5, 5.41) is 9.63. The van der Waals surface area contributed by atoms with Crippen molar-refractivity contribution in [2.75, 3.05) is 13.6 Å². The van der Waals surface area contributed by atoms with Crippen LogP contribution >= 0.6 is 22.6 Å². The molecule has 1 amide bonds. The third-order valence-electron chi connectivity index (χ3n) is 2.38. The van der Waals surface area contributed by atoms with Gasteiger partial charge in [-0.25, -0.2) is 0 Å². The lowest BCUT2D eigenvalue weighted by Crippen LogP contribution is -2.27. The van der Waals surface area contributed by atoms with Gasteiger partial charge in [0.25, 0.3) is 5.91 Å². The van der Waals surface area contributed by atoms with Crippen LogP contribution in [0.15, 0.2) is 18.2 Å². The van der Waals surface area contributed by atoms with E-state index in [1.165, 1.54) is 0 Å². The van der Waals surface area contributed by atoms with Gasteiger partial charge in [0.1, 0.15) is 5.75 Å². The first-order valence-corrected chi connectivity index (χ1v) is 6.38. The van der Waals surface area contributed by atoms with E-state index in [9.17, 15) is 9.90 Å². The minimum atomic E-state index is -0.121. The third kappa shape index (κ3) is 3.37. The Balaban J connectivity index is 2.83. The van der Waals surface area contributed by atoms with Crippen LogP contribution < -0.4 is 0 Å². The zero-order valence-electron chi connectivity index (χ0n) is 9.53. The van der Waals surface area contributed by atoms with Crippen LogP contribution in [0.1, 0.15) is 30.1 Å². The Morgan fingerprint density at radius 3 is 2.81 bits per heavy atom. The molecule has 4 heteroatoms. The number of nitrogens with zero attached hydrogens (tertiary/aromatic N) is 1. The molecule has 1 aromatic carbocycles. The normalized spacial score (nSPS) is 10.2. The number of amides is 1. The summed E-state index contributed by atoms with van der Waals surface area (Å²) in [5.74, 6) is -0.0711. The van der Waals surface area contributed by atoms with Crippen molar-refractivity contribution in [3.8, 4) is 5.75 Å². The van der Waals surface area contributed by atoms with Gasteiger partial charge in [0, 0.05) is 17.2 Å². The summed E-state index contributed by atoms with van der Waals surface area (Å²) in [6, 6.07) is 5.04. The molecule has 0 radical (unpaired) electrons. The van der Waals surface area contributed by atoms with Gasteiger partial charge in [-0.2, -0.15) is 0 Å². The van der Waals surface area contributed by atoms with Gasteiger partial charge >= 0.3 is 0 Å². The van der Waals surface area contributed by atoms with E-state index >= 15 is 0 Å². The number of benzene rings is 1. The van der Waals surface area contributed by atoms with E-state index in [0.29, 0.717) is 5.56 Å². The second-order valence-electron chi connectivity index (χ2n) is 3.74. The largest absolute Gasteiger partial charge is 0.507 e. The van der Waals surface area contributed by atoms with Crippen molar-refractivity contribution < 1.29 is 9.90 Å². The van der Waals surface area contributed by atoms with Gasteiger partial charge in [0.2, 0.25) is 0 Å². The van der Waals surface area contributed by atoms with Crippen molar-refractivity contribution in [1.29, 1.82) is 0 Å². The predicted molar refractivity (Wildman–Crippen MR) is 72.7 cm³/mol. The lowest BCUT2D eigenvalue weighted by Gasteiger charge is -2.17. The predicted octanol–water partition coefficient (Wildman–Crippen LogP) is 2.87. The average Bonchev–Trinajstić information content (AvgIpc) is 2.28. The summed E-state index contributed by atoms with van der Waals surface area (Å²) in [6.45, 7) is 2.81. The Labute approximate surface area is 110 Å². The van der Waals surface area contributed by atoms with E-state index in [0.717, 1.165) is 23.0 Å². The molecule has 16 heavy (non-hydrogen) atoms. The van der Waals surface area contributed by atoms with Gasteiger partial charge in [0.05, 0.1) is 5.56 Å². The monoisotopic (exact) mass is 333 g/mol. The highest BCUT2D eigenvalue weighted by Gasteiger charge is 2.15. The van der Waals surface area contributed by atoms with Gasteiger partial charge < -0.3 is 10.0 Å². The molecule has 3 nitrogen and oxygen atoms in total. The number of hydrogen-bond acceptors (Lipinski definition) is 2. The molecule has 0 atom stereocenters. The van der Waals surface area contributed by atoms with Crippen molar-refractivity contribution in [3.63, 3.8) is 0 Å². The maximum atomic E-state index is 12.0. The van der Waals surface area contributed by atoms with Crippen LogP contribution in [0.4, 0.5) is 0 Å². The molecule has 88 valence electrons. The number of carbonyl (C=O) groups is 1. The molecule has 0 spiro atoms. The summed E-state index contributed by atoms with van der Waals surface area (Å²) in [6.07, 6.45) is 2.03. The van der Waals surface area contributed by atoms with Gasteiger partial charge in [-0.15, -0.1) is 0 Å². The molecule has 0 aliphatic rings. The summed E-state index contributed by atoms with van der Waals surface area (Å²) >= 11 is 2.13. The highest BCUT2D eigenvalue weighted by atomic mass is 127. The lowest BCUT2D eigenvalue weighted by molar-refractivity contribution is 0.0790. The van der Waals surface area contributed by atoms with Crippen molar-refractivity contribution in [3.05, 3.63) is 27.3 Å². The van der Waals surface area contributed by atoms with Crippen molar-refractivity contribution in [1.82, 2.24) is 4.90 Å². The number of aromatic hydroxyl groups is 1. The van der Waals surface area contributed by atoms with Crippen LogP contribution in [0.25, 0.3) is 0 Å². The lowest BCUT2D eigenvalue weighted by atomic mass is 10.1. The van der Waals surface area contributed by atoms with E-state index in [1.54, 1.807) is 30.1 Å². The molecule has 0 saturated carbocycles. The Hall–Kier alpha value is -0.780. The van der Waals surface area contributed by atoms with E-state index in [1.807, 2.05) is 0 Å². The molecule has 0 bridgehead atoms. The molecular weight excluding hydrogens is 317 g/mol. The molecular formula is C12H16INO2. The smallest absolute Gasteiger partial charge is 0.257 e. The summed E-state index contributed by atoms with van der Waals surface area (Å²) in [7, 11) is 1.76. The zero-order chi connectivity index (χ0) is 12.1. The first-order chi connectivity index (χ1) is 7.56. The number of hydrogen-bond donors (Lipinski definition) is 1. The second-order valence-corrected chi connectivity index (χ2v) is 4.99. The van der Waals surface area contributed by atoms with E-state index in [-0.39, 0.29) is 11.7 Å². The first kappa shape index (κ1) is 13.3. The van der Waals surface area contributed by atoms with E-state index in [4.69, 9.17) is 0 Å². The maximum absolute atomic E-state index is 12.0. The highest BCUT2D eigenvalue weighted by Crippen LogP contribution is 2.21. The van der Waals surface area contributed by atoms with Crippen LogP contribution in [0, 0.1) is 3.57 Å². The summed E-state index contributed by atoms with van der Waals surface area (Å²) in [5.41, 5.74) is 0.380. The molecule has 1 N–H and O–H groups in total. The van der Waals surface area contributed by atoms with Crippen LogP contribution in [0.3, 0.4) is 0 Å². The van der Waals surface area contributed by atoms with Gasteiger partial charge in [0.15, 0.2) is 0 Å². The minimum Gasteiger partial charge on any atom is -0.507 e. The van der Waals surface area contributed by atoms with E-state index < -0.39 is 0 Å². The quantitative estimate of drug-likeness (QED) is 0.861. The van der Waals surface area contributed by atoms with Crippen LogP contribution in [-0.4, -0.2) is 29.5 Å². The van der Waals surface area contributed by atoms with Crippen LogP contribution in [-0.2, 0) is 0 Å². The SMILES string of the molecule is CCCCN(C)C(=O)c1cc(I)ccc1O. The standard InChI is InChI=1S/C12H16INO2/c1-3-4-7-14(2)12(16)10-8-9(13)5-6-11(10)15/h5-6,8,15H,3-4,7H2,1-2H3. The molecule has 0 aromatic heterocycles. The van der Waals surface area contributed by atoms with Gasteiger partial charge in [-0.3, -0.25) is 4.79 Å². The van der Waals surface area contributed by atoms with Crippen LogP contribution in [0.2, 0.25) is 0 Å². The van der Waals surface area contributed by atoms with Crippen LogP contribution in [0.5, 0.6) is 5.75 Å². The fourth-order valence-corrected chi connectivity index (χ4v) is 1.87. The molecule has 0 saturated heterocycles. The van der Waals surface area contributed by atoms with E-state index in [2.05, 4.69) is 29.5 Å². The van der Waals surface area contributed by atoms with Crippen molar-refractivity contribution in [2.45, 2.75) is 19.8 Å². The number of halogens is 1. The highest BCUT2D eigenvalue weighted by molar-refractivity contribution is 14.1. The molecule has 1 aromatic rings. The molecule has 0 fully saturated rings. The van der Waals surface area contributed by atoms with Gasteiger partial charge in [-0.05, 0) is 47.2 Å². The molecule has 0 aliphatic heterocycles. The average molecular weight is 333 g/mol. The Kier molecular flexibility index (Phi) is 5.05. The second kappa shape index (κ2) is 6.08. The minimum absolute atomic E-state index is 0.0498. The first-order valence-electron chi connectivity index (χ1n) is 5.30. The Morgan fingerprint density at radius 1 is 1.50 bits per heavy atom. The number of carbonyl (C=O) groups excluding carboxylic acids is 1. The molecule has 0 heterocycles. The Morgan fingerprint density at radius 2 is 2.19 bits per heavy atom. The number of rotatable bonds is 4. The number of phenols is 1. The zero-order valence-corrected chi connectivity index (χ0v) is 11.7. The molecule has 0 aliphatic carbocycles. The van der Waals surface area contributed by atoms with Gasteiger partial charge in [-0.1, -0.05) is 13.3 Å². The topological polar surface area (TPSA) is 40.5 Å². The summed E-state index contributed by atoms with van der Waals surface area (Å²) in [4.78, 5) is 13.6. The maximum Gasteiger partial charge on any atom is 0.257 e. The number of phenolic OH excluding ortho intramolecular Hbond substituents is 1. The fraction of sp³-hybridized carbons (Fsp3) is 0.417. The third-order valence-corrected chi connectivity index (χ3v) is 3.05. The van der Waals surface area contributed by atoms with Crippen molar-refractivity contribution in [2.24, 2.45) is 0 Å². The van der Waals surface area contributed by atoms with Crippen molar-refractivity contribution >= 4 is 28.5 Å². The Bertz CT molecular complexity index is 379. The fourth-order valence-electron chi connectivity index (χ4n) is 1.38. The molecule has 0 unspecified atom stereocenters.